The molecule has 0 aromatic rings. The van der Waals surface area contributed by atoms with E-state index < -0.39 is 0 Å². The Morgan fingerprint density at radius 3 is 2.73 bits per heavy atom. The zero-order chi connectivity index (χ0) is 8.27. The van der Waals surface area contributed by atoms with Gasteiger partial charge in [-0.1, -0.05) is 0 Å². The molecular formula is C9H18NO. The van der Waals surface area contributed by atoms with E-state index in [1.807, 2.05) is 0 Å². The highest BCUT2D eigenvalue weighted by Crippen LogP contribution is 2.19. The molecule has 0 saturated carbocycles. The summed E-state index contributed by atoms with van der Waals surface area (Å²) in [4.78, 5) is 2.45. The number of piperidine rings is 1. The van der Waals surface area contributed by atoms with E-state index in [9.17, 15) is 0 Å². The standard InChI is InChI=1S/C9H18NO/c1-8(2)10-6-4-5-9(7-10)11-3/h8H,4-7H2,1-3H3. The van der Waals surface area contributed by atoms with Crippen molar-refractivity contribution in [3.8, 4) is 0 Å². The quantitative estimate of drug-likeness (QED) is 0.603. The molecule has 11 heavy (non-hydrogen) atoms. The molecule has 1 aliphatic heterocycles. The number of methoxy groups -OCH3 is 1. The second kappa shape index (κ2) is 4.07. The highest BCUT2D eigenvalue weighted by molar-refractivity contribution is 4.88. The molecule has 0 atom stereocenters. The van der Waals surface area contributed by atoms with E-state index in [-0.39, 0.29) is 0 Å². The van der Waals surface area contributed by atoms with Gasteiger partial charge in [0.1, 0.15) is 6.10 Å². The van der Waals surface area contributed by atoms with Crippen molar-refractivity contribution in [1.82, 2.24) is 4.90 Å². The van der Waals surface area contributed by atoms with Crippen LogP contribution in [-0.4, -0.2) is 31.1 Å². The van der Waals surface area contributed by atoms with Gasteiger partial charge in [0.15, 0.2) is 0 Å². The molecule has 1 radical (unpaired) electrons. The van der Waals surface area contributed by atoms with E-state index in [4.69, 9.17) is 4.74 Å². The van der Waals surface area contributed by atoms with Crippen LogP contribution in [0.1, 0.15) is 26.7 Å². The van der Waals surface area contributed by atoms with E-state index >= 15 is 0 Å². The zero-order valence-corrected chi connectivity index (χ0v) is 7.76. The van der Waals surface area contributed by atoms with Crippen LogP contribution in [0.3, 0.4) is 0 Å². The summed E-state index contributed by atoms with van der Waals surface area (Å²) in [6, 6.07) is 0.653. The number of hydrogen-bond donors (Lipinski definition) is 0. The summed E-state index contributed by atoms with van der Waals surface area (Å²) in [5.74, 6) is 0. The van der Waals surface area contributed by atoms with E-state index in [1.54, 1.807) is 7.11 Å². The van der Waals surface area contributed by atoms with Crippen molar-refractivity contribution in [3.05, 3.63) is 6.10 Å². The van der Waals surface area contributed by atoms with Crippen LogP contribution in [0.15, 0.2) is 0 Å². The Bertz CT molecular complexity index is 114. The lowest BCUT2D eigenvalue weighted by atomic mass is 10.1. The predicted octanol–water partition coefficient (Wildman–Crippen LogP) is 1.67. The molecule has 0 unspecified atom stereocenters. The third kappa shape index (κ3) is 2.46. The van der Waals surface area contributed by atoms with Gasteiger partial charge in [-0.15, -0.1) is 0 Å². The van der Waals surface area contributed by atoms with Crippen LogP contribution in [0.5, 0.6) is 0 Å². The molecule has 1 heterocycles. The minimum Gasteiger partial charge on any atom is -0.374 e. The summed E-state index contributed by atoms with van der Waals surface area (Å²) in [6.45, 7) is 6.73. The molecule has 0 aromatic heterocycles. The Balaban J connectivity index is 2.33. The van der Waals surface area contributed by atoms with Crippen molar-refractivity contribution in [2.24, 2.45) is 0 Å². The molecule has 2 nitrogen and oxygen atoms in total. The largest absolute Gasteiger partial charge is 0.374 e. The second-order valence-electron chi connectivity index (χ2n) is 3.41. The number of ether oxygens (including phenoxy) is 1. The van der Waals surface area contributed by atoms with Crippen molar-refractivity contribution in [3.63, 3.8) is 0 Å². The summed E-state index contributed by atoms with van der Waals surface area (Å²) < 4.78 is 5.25. The average molecular weight is 156 g/mol. The van der Waals surface area contributed by atoms with Crippen LogP contribution < -0.4 is 0 Å². The van der Waals surface area contributed by atoms with Crippen molar-refractivity contribution in [2.45, 2.75) is 32.7 Å². The van der Waals surface area contributed by atoms with Gasteiger partial charge in [-0.25, -0.2) is 0 Å². The molecular weight excluding hydrogens is 138 g/mol. The Labute approximate surface area is 69.5 Å². The van der Waals surface area contributed by atoms with E-state index in [0.29, 0.717) is 6.04 Å². The Morgan fingerprint density at radius 2 is 2.18 bits per heavy atom. The number of hydrogen-bond acceptors (Lipinski definition) is 2. The maximum Gasteiger partial charge on any atom is 0.111 e. The number of nitrogens with zero attached hydrogens (tertiary/aromatic N) is 1. The third-order valence-corrected chi connectivity index (χ3v) is 2.30. The molecule has 0 bridgehead atoms. The summed E-state index contributed by atoms with van der Waals surface area (Å²) in [6.07, 6.45) is 3.64. The summed E-state index contributed by atoms with van der Waals surface area (Å²) in [5, 5.41) is 0. The van der Waals surface area contributed by atoms with Crippen LogP contribution in [0.2, 0.25) is 0 Å². The highest BCUT2D eigenvalue weighted by Gasteiger charge is 2.21. The van der Waals surface area contributed by atoms with Crippen molar-refractivity contribution in [2.75, 3.05) is 20.2 Å². The van der Waals surface area contributed by atoms with Gasteiger partial charge < -0.3 is 4.74 Å². The van der Waals surface area contributed by atoms with Crippen molar-refractivity contribution >= 4 is 0 Å². The third-order valence-electron chi connectivity index (χ3n) is 2.30. The minimum absolute atomic E-state index is 0.653. The lowest BCUT2D eigenvalue weighted by molar-refractivity contribution is 0.0939. The summed E-state index contributed by atoms with van der Waals surface area (Å²) in [7, 11) is 1.78. The smallest absolute Gasteiger partial charge is 0.111 e. The van der Waals surface area contributed by atoms with Gasteiger partial charge in [0.05, 0.1) is 0 Å². The highest BCUT2D eigenvalue weighted by atomic mass is 16.5. The molecule has 0 aliphatic carbocycles. The summed E-state index contributed by atoms with van der Waals surface area (Å²) >= 11 is 0. The Hall–Kier alpha value is -0.0800. The van der Waals surface area contributed by atoms with E-state index in [1.165, 1.54) is 19.1 Å². The van der Waals surface area contributed by atoms with E-state index in [0.717, 1.165) is 13.0 Å². The monoisotopic (exact) mass is 156 g/mol. The summed E-state index contributed by atoms with van der Waals surface area (Å²) in [5.41, 5.74) is 0. The first-order chi connectivity index (χ1) is 5.24. The molecule has 0 N–H and O–H groups in total. The average Bonchev–Trinajstić information content (AvgIpc) is 2.05. The molecule has 2 heteroatoms. The molecule has 1 aliphatic rings. The van der Waals surface area contributed by atoms with E-state index in [2.05, 4.69) is 18.7 Å². The number of likely N-dealkylation sites (tertiary alicyclic amines) is 1. The van der Waals surface area contributed by atoms with Crippen LogP contribution in [0.25, 0.3) is 0 Å². The fourth-order valence-electron chi connectivity index (χ4n) is 1.47. The molecule has 1 rings (SSSR count). The molecule has 0 amide bonds. The van der Waals surface area contributed by atoms with Crippen LogP contribution in [0.4, 0.5) is 0 Å². The zero-order valence-electron chi connectivity index (χ0n) is 7.76. The van der Waals surface area contributed by atoms with Gasteiger partial charge >= 0.3 is 0 Å². The maximum absolute atomic E-state index is 5.25. The number of rotatable bonds is 2. The Morgan fingerprint density at radius 1 is 1.45 bits per heavy atom. The maximum atomic E-state index is 5.25. The normalized spacial score (nSPS) is 22.9. The lowest BCUT2D eigenvalue weighted by Crippen LogP contribution is -2.39. The van der Waals surface area contributed by atoms with Gasteiger partial charge in [0.25, 0.3) is 0 Å². The molecule has 0 aromatic carbocycles. The molecule has 65 valence electrons. The first-order valence-corrected chi connectivity index (χ1v) is 4.36. The second-order valence-corrected chi connectivity index (χ2v) is 3.41. The fourth-order valence-corrected chi connectivity index (χ4v) is 1.47. The lowest BCUT2D eigenvalue weighted by Gasteiger charge is -2.33. The van der Waals surface area contributed by atoms with Gasteiger partial charge in [0.2, 0.25) is 0 Å². The van der Waals surface area contributed by atoms with Crippen LogP contribution in [-0.2, 0) is 4.74 Å². The van der Waals surface area contributed by atoms with Crippen molar-refractivity contribution in [1.29, 1.82) is 0 Å². The topological polar surface area (TPSA) is 12.5 Å². The molecule has 0 spiro atoms. The minimum atomic E-state index is 0.653. The molecule has 1 saturated heterocycles. The fraction of sp³-hybridized carbons (Fsp3) is 0.889. The van der Waals surface area contributed by atoms with Crippen LogP contribution in [0, 0.1) is 6.10 Å². The van der Waals surface area contributed by atoms with Gasteiger partial charge in [-0.2, -0.15) is 0 Å². The van der Waals surface area contributed by atoms with Crippen molar-refractivity contribution < 1.29 is 4.74 Å². The van der Waals surface area contributed by atoms with Crippen LogP contribution >= 0.6 is 0 Å². The van der Waals surface area contributed by atoms with Gasteiger partial charge in [0, 0.05) is 19.7 Å². The Kier molecular flexibility index (Phi) is 3.34. The first kappa shape index (κ1) is 9.01. The van der Waals surface area contributed by atoms with Gasteiger partial charge in [-0.3, -0.25) is 4.90 Å². The van der Waals surface area contributed by atoms with Gasteiger partial charge in [-0.05, 0) is 33.2 Å². The molecule has 1 fully saturated rings. The first-order valence-electron chi connectivity index (χ1n) is 4.36. The predicted molar refractivity (Wildman–Crippen MR) is 46.2 cm³/mol. The SMILES string of the molecule is CO[C]1CCCN(C(C)C)C1.